The highest BCUT2D eigenvalue weighted by molar-refractivity contribution is 5.82. The second kappa shape index (κ2) is 3.21. The van der Waals surface area contributed by atoms with Crippen LogP contribution < -0.4 is 5.73 Å². The molecule has 3 nitrogen and oxygen atoms in total. The maximum absolute atomic E-state index is 8.73. The summed E-state index contributed by atoms with van der Waals surface area (Å²) in [5.41, 5.74) is 6.84. The van der Waals surface area contributed by atoms with Crippen LogP contribution in [0.4, 0.5) is 0 Å². The van der Waals surface area contributed by atoms with Gasteiger partial charge in [0.25, 0.3) is 0 Å². The van der Waals surface area contributed by atoms with E-state index in [9.17, 15) is 0 Å². The predicted octanol–water partition coefficient (Wildman–Crippen LogP) is 1.81. The van der Waals surface area contributed by atoms with Gasteiger partial charge in [-0.1, -0.05) is 13.8 Å². The van der Waals surface area contributed by atoms with Gasteiger partial charge >= 0.3 is 0 Å². The van der Waals surface area contributed by atoms with Gasteiger partial charge in [0.15, 0.2) is 0 Å². The molecule has 0 unspecified atom stereocenters. The van der Waals surface area contributed by atoms with E-state index < -0.39 is 0 Å². The van der Waals surface area contributed by atoms with Crippen molar-refractivity contribution < 1.29 is 0 Å². The third-order valence-corrected chi connectivity index (χ3v) is 2.99. The first-order valence-electron chi connectivity index (χ1n) is 4.49. The van der Waals surface area contributed by atoms with Gasteiger partial charge in [-0.15, -0.1) is 0 Å². The fourth-order valence-corrected chi connectivity index (χ4v) is 1.73. The Morgan fingerprint density at radius 3 is 2.38 bits per heavy atom. The second-order valence-electron chi connectivity index (χ2n) is 3.89. The highest BCUT2D eigenvalue weighted by atomic mass is 14.7. The lowest BCUT2D eigenvalue weighted by molar-refractivity contribution is 0.417. The average molecular weight is 177 g/mol. The molecule has 70 valence electrons. The van der Waals surface area contributed by atoms with Gasteiger partial charge in [-0.2, -0.15) is 5.26 Å². The lowest BCUT2D eigenvalue weighted by Crippen LogP contribution is -2.21. The van der Waals surface area contributed by atoms with Crippen molar-refractivity contribution in [3.05, 3.63) is 11.3 Å². The Hall–Kier alpha value is -1.30. The summed E-state index contributed by atoms with van der Waals surface area (Å²) in [6.45, 7) is 4.22. The third kappa shape index (κ3) is 1.44. The van der Waals surface area contributed by atoms with Crippen molar-refractivity contribution in [3.63, 3.8) is 0 Å². The van der Waals surface area contributed by atoms with Gasteiger partial charge in [0, 0.05) is 17.3 Å². The third-order valence-electron chi connectivity index (χ3n) is 2.99. The van der Waals surface area contributed by atoms with Crippen LogP contribution >= 0.6 is 0 Å². The van der Waals surface area contributed by atoms with E-state index in [1.807, 2.05) is 6.07 Å². The number of nitriles is 1. The van der Waals surface area contributed by atoms with E-state index in [0.717, 1.165) is 19.1 Å². The molecular weight excluding hydrogens is 162 g/mol. The van der Waals surface area contributed by atoms with Crippen molar-refractivity contribution in [2.45, 2.75) is 26.7 Å². The molecule has 0 saturated heterocycles. The maximum atomic E-state index is 8.73. The minimum atomic E-state index is 0.0165. The average Bonchev–Trinajstić information content (AvgIpc) is 2.86. The molecule has 0 atom stereocenters. The Morgan fingerprint density at radius 2 is 2.15 bits per heavy atom. The van der Waals surface area contributed by atoms with Gasteiger partial charge in [0.2, 0.25) is 0 Å². The Bertz CT molecular complexity index is 290. The molecule has 3 heteroatoms. The molecule has 1 rings (SSSR count). The van der Waals surface area contributed by atoms with Crippen molar-refractivity contribution in [2.75, 3.05) is 0 Å². The van der Waals surface area contributed by atoms with Gasteiger partial charge < -0.3 is 11.1 Å². The fraction of sp³-hybridized carbons (Fsp3) is 0.600. The quantitative estimate of drug-likeness (QED) is 0.509. The summed E-state index contributed by atoms with van der Waals surface area (Å²) in [6.07, 6.45) is 3.16. The smallest absolute Gasteiger partial charge is 0.103 e. The molecule has 0 aromatic rings. The number of hydrogen-bond donors (Lipinski definition) is 2. The minimum Gasteiger partial charge on any atom is -0.400 e. The monoisotopic (exact) mass is 177 g/mol. The number of nitrogens with two attached hydrogens (primary N) is 1. The fourth-order valence-electron chi connectivity index (χ4n) is 1.73. The van der Waals surface area contributed by atoms with Crippen LogP contribution in [0, 0.1) is 28.1 Å². The Morgan fingerprint density at radius 1 is 1.62 bits per heavy atom. The van der Waals surface area contributed by atoms with Crippen molar-refractivity contribution in [1.29, 1.82) is 10.7 Å². The molecule has 0 aliphatic heterocycles. The lowest BCUT2D eigenvalue weighted by Gasteiger charge is -2.20. The van der Waals surface area contributed by atoms with Crippen LogP contribution in [0.15, 0.2) is 11.3 Å². The highest BCUT2D eigenvalue weighted by Crippen LogP contribution is 2.56. The van der Waals surface area contributed by atoms with Crippen LogP contribution in [0.2, 0.25) is 0 Å². The van der Waals surface area contributed by atoms with Gasteiger partial charge in [0.1, 0.15) is 6.07 Å². The molecule has 0 radical (unpaired) electrons. The summed E-state index contributed by atoms with van der Waals surface area (Å²) in [6, 6.07) is 1.96. The van der Waals surface area contributed by atoms with E-state index in [2.05, 4.69) is 13.8 Å². The normalized spacial score (nSPS) is 20.5. The van der Waals surface area contributed by atoms with E-state index in [4.69, 9.17) is 16.4 Å². The number of allylic oxidation sites excluding steroid dienone is 2. The van der Waals surface area contributed by atoms with Crippen molar-refractivity contribution in [2.24, 2.45) is 17.1 Å². The van der Waals surface area contributed by atoms with Crippen molar-refractivity contribution in [1.82, 2.24) is 0 Å². The molecule has 1 fully saturated rings. The topological polar surface area (TPSA) is 73.7 Å². The zero-order valence-electron chi connectivity index (χ0n) is 8.09. The SMILES string of the molecule is CC(C)C1(/C(N)=C(\C#N)C=N)CC1. The molecule has 1 saturated carbocycles. The van der Waals surface area contributed by atoms with Crippen LogP contribution in [0.25, 0.3) is 0 Å². The van der Waals surface area contributed by atoms with Gasteiger partial charge in [0.05, 0.1) is 5.57 Å². The summed E-state index contributed by atoms with van der Waals surface area (Å²) < 4.78 is 0. The summed E-state index contributed by atoms with van der Waals surface area (Å²) in [5, 5.41) is 15.8. The molecule has 0 aromatic heterocycles. The number of nitrogens with one attached hydrogen (secondary N) is 1. The summed E-state index contributed by atoms with van der Waals surface area (Å²) >= 11 is 0. The first-order chi connectivity index (χ1) is 6.08. The zero-order valence-corrected chi connectivity index (χ0v) is 8.09. The molecule has 0 aromatic carbocycles. The molecule has 3 N–H and O–H groups in total. The maximum Gasteiger partial charge on any atom is 0.103 e. The number of rotatable bonds is 3. The van der Waals surface area contributed by atoms with Crippen LogP contribution in [-0.4, -0.2) is 6.21 Å². The predicted molar refractivity (Wildman–Crippen MR) is 52.1 cm³/mol. The standard InChI is InChI=1S/C10H15N3/c1-7(2)10(3-4-10)9(13)8(5-11)6-12/h5,7,11H,3-4,13H2,1-2H3/b9-8+,11-5?. The van der Waals surface area contributed by atoms with E-state index >= 15 is 0 Å². The van der Waals surface area contributed by atoms with Crippen molar-refractivity contribution in [3.8, 4) is 6.07 Å². The van der Waals surface area contributed by atoms with Gasteiger partial charge in [-0.05, 0) is 18.8 Å². The van der Waals surface area contributed by atoms with Crippen molar-refractivity contribution >= 4 is 6.21 Å². The molecule has 13 heavy (non-hydrogen) atoms. The van der Waals surface area contributed by atoms with E-state index in [-0.39, 0.29) is 5.41 Å². The number of hydrogen-bond acceptors (Lipinski definition) is 3. The second-order valence-corrected chi connectivity index (χ2v) is 3.89. The minimum absolute atomic E-state index is 0.0165. The Kier molecular flexibility index (Phi) is 2.42. The highest BCUT2D eigenvalue weighted by Gasteiger charge is 2.48. The Balaban J connectivity index is 3.02. The molecule has 0 heterocycles. The molecule has 0 bridgehead atoms. The number of nitrogens with zero attached hydrogens (tertiary/aromatic N) is 1. The molecule has 1 aliphatic rings. The van der Waals surface area contributed by atoms with Crippen LogP contribution in [0.3, 0.4) is 0 Å². The van der Waals surface area contributed by atoms with Gasteiger partial charge in [-0.25, -0.2) is 0 Å². The van der Waals surface area contributed by atoms with Crippen LogP contribution in [0.1, 0.15) is 26.7 Å². The van der Waals surface area contributed by atoms with Crippen LogP contribution in [0.5, 0.6) is 0 Å². The van der Waals surface area contributed by atoms with E-state index in [0.29, 0.717) is 17.2 Å². The summed E-state index contributed by atoms with van der Waals surface area (Å²) in [4.78, 5) is 0. The zero-order chi connectivity index (χ0) is 10.1. The first-order valence-corrected chi connectivity index (χ1v) is 4.49. The lowest BCUT2D eigenvalue weighted by atomic mass is 9.87. The van der Waals surface area contributed by atoms with Crippen LogP contribution in [-0.2, 0) is 0 Å². The van der Waals surface area contributed by atoms with E-state index in [1.54, 1.807) is 0 Å². The molecule has 0 amide bonds. The summed E-state index contributed by atoms with van der Waals surface area (Å²) in [7, 11) is 0. The van der Waals surface area contributed by atoms with E-state index in [1.165, 1.54) is 0 Å². The first kappa shape index (κ1) is 9.79. The largest absolute Gasteiger partial charge is 0.400 e. The molecular formula is C10H15N3. The molecule has 1 aliphatic carbocycles. The Labute approximate surface area is 78.7 Å². The summed E-state index contributed by atoms with van der Waals surface area (Å²) in [5.74, 6) is 0.454. The molecule has 0 spiro atoms. The van der Waals surface area contributed by atoms with Gasteiger partial charge in [-0.3, -0.25) is 0 Å².